The number of ether oxygens (including phenoxy) is 1. The molecule has 0 rings (SSSR count). The minimum absolute atomic E-state index is 0.403. The van der Waals surface area contributed by atoms with E-state index < -0.39 is 12.1 Å². The number of carbonyl (C=O) groups excluding carboxylic acids is 1. The van der Waals surface area contributed by atoms with E-state index in [4.69, 9.17) is 0 Å². The van der Waals surface area contributed by atoms with Crippen LogP contribution in [0.5, 0.6) is 0 Å². The second-order valence-electron chi connectivity index (χ2n) is 2.51. The minimum atomic E-state index is -1.17. The van der Waals surface area contributed by atoms with Gasteiger partial charge in [0.2, 0.25) is 0 Å². The van der Waals surface area contributed by atoms with Gasteiger partial charge >= 0.3 is 5.97 Å². The smallest absolute Gasteiger partial charge is 0.338 e. The molecule has 11 heavy (non-hydrogen) atoms. The minimum Gasteiger partial charge on any atom is -0.467 e. The highest BCUT2D eigenvalue weighted by atomic mass is 16.5. The maximum absolute atomic E-state index is 10.9. The van der Waals surface area contributed by atoms with E-state index in [0.717, 1.165) is 19.3 Å². The van der Waals surface area contributed by atoms with Crippen LogP contribution in [0.2, 0.25) is 0 Å². The quantitative estimate of drug-likeness (QED) is 0.451. The van der Waals surface area contributed by atoms with Crippen LogP contribution in [0.1, 0.15) is 32.6 Å². The first-order valence-corrected chi connectivity index (χ1v) is 3.96. The van der Waals surface area contributed by atoms with Crippen LogP contribution < -0.4 is 0 Å². The van der Waals surface area contributed by atoms with Crippen molar-refractivity contribution in [3.8, 4) is 0 Å². The Kier molecular flexibility index (Phi) is 5.84. The molecule has 0 amide bonds. The molecule has 0 fully saturated rings. The van der Waals surface area contributed by atoms with Crippen LogP contribution in [-0.2, 0) is 14.6 Å². The van der Waals surface area contributed by atoms with Gasteiger partial charge in [-0.3, -0.25) is 0 Å². The monoisotopic (exact) mass is 159 g/mol. The largest absolute Gasteiger partial charge is 0.467 e. The molecule has 0 saturated carbocycles. The fraction of sp³-hybridized carbons (Fsp3) is 0.875. The van der Waals surface area contributed by atoms with E-state index in [9.17, 15) is 9.90 Å². The third kappa shape index (κ3) is 4.79. The predicted molar refractivity (Wildman–Crippen MR) is 40.6 cm³/mol. The Hall–Kier alpha value is -0.570. The third-order valence-electron chi connectivity index (χ3n) is 1.53. The second-order valence-corrected chi connectivity index (χ2v) is 2.51. The summed E-state index contributed by atoms with van der Waals surface area (Å²) in [5.41, 5.74) is 0. The van der Waals surface area contributed by atoms with Gasteiger partial charge in [0, 0.05) is 0 Å². The van der Waals surface area contributed by atoms with Crippen LogP contribution in [0.15, 0.2) is 0 Å². The van der Waals surface area contributed by atoms with Gasteiger partial charge in [-0.05, 0) is 6.42 Å². The molecule has 1 atom stereocenters. The van der Waals surface area contributed by atoms with Gasteiger partial charge in [-0.15, -0.1) is 0 Å². The second kappa shape index (κ2) is 6.16. The van der Waals surface area contributed by atoms with Crippen molar-refractivity contribution < 1.29 is 14.6 Å². The molecule has 0 bridgehead atoms. The summed E-state index contributed by atoms with van der Waals surface area (Å²) in [6.45, 7) is 2.05. The lowest BCUT2D eigenvalue weighted by atomic mass is 10.1. The van der Waals surface area contributed by atoms with E-state index in [1.54, 1.807) is 0 Å². The van der Waals surface area contributed by atoms with Crippen LogP contribution in [-0.4, -0.2) is 19.2 Å². The van der Waals surface area contributed by atoms with Crippen LogP contribution in [0, 0.1) is 0 Å². The molecule has 0 heterocycles. The fourth-order valence-electron chi connectivity index (χ4n) is 0.829. The predicted octanol–water partition coefficient (Wildman–Crippen LogP) is 1.54. The van der Waals surface area contributed by atoms with Crippen LogP contribution in [0.3, 0.4) is 0 Å². The average molecular weight is 159 g/mol. The third-order valence-corrected chi connectivity index (χ3v) is 1.53. The maximum atomic E-state index is 10.9. The zero-order valence-electron chi connectivity index (χ0n) is 7.13. The SMILES string of the molecule is CCCCCC([O])C(=O)OC. The molecular weight excluding hydrogens is 144 g/mol. The molecule has 1 unspecified atom stereocenters. The van der Waals surface area contributed by atoms with Crippen molar-refractivity contribution in [3.05, 3.63) is 0 Å². The highest BCUT2D eigenvalue weighted by Crippen LogP contribution is 2.04. The molecule has 3 nitrogen and oxygen atoms in total. The first-order valence-electron chi connectivity index (χ1n) is 3.96. The number of hydrogen-bond acceptors (Lipinski definition) is 2. The first-order chi connectivity index (χ1) is 5.22. The Bertz CT molecular complexity index is 112. The van der Waals surface area contributed by atoms with Gasteiger partial charge in [0.1, 0.15) is 0 Å². The van der Waals surface area contributed by atoms with Crippen LogP contribution in [0.4, 0.5) is 0 Å². The topological polar surface area (TPSA) is 46.2 Å². The van der Waals surface area contributed by atoms with E-state index in [1.165, 1.54) is 7.11 Å². The van der Waals surface area contributed by atoms with Gasteiger partial charge in [-0.2, -0.15) is 0 Å². The van der Waals surface area contributed by atoms with Crippen molar-refractivity contribution in [2.75, 3.05) is 7.11 Å². The lowest BCUT2D eigenvalue weighted by Gasteiger charge is -2.04. The molecule has 0 aromatic carbocycles. The molecule has 0 aliphatic carbocycles. The first kappa shape index (κ1) is 10.4. The van der Waals surface area contributed by atoms with E-state index in [2.05, 4.69) is 11.7 Å². The van der Waals surface area contributed by atoms with Crippen molar-refractivity contribution in [2.24, 2.45) is 0 Å². The summed E-state index contributed by atoms with van der Waals surface area (Å²) in [5, 5.41) is 10.9. The standard InChI is InChI=1S/C8H15O3/c1-3-4-5-6-7(9)8(10)11-2/h7H,3-6H2,1-2H3. The molecule has 0 aromatic heterocycles. The normalized spacial score (nSPS) is 12.6. The summed E-state index contributed by atoms with van der Waals surface area (Å²) < 4.78 is 4.29. The molecule has 0 aliphatic heterocycles. The van der Waals surface area contributed by atoms with E-state index >= 15 is 0 Å². The van der Waals surface area contributed by atoms with E-state index in [-0.39, 0.29) is 0 Å². The Morgan fingerprint density at radius 1 is 1.45 bits per heavy atom. The van der Waals surface area contributed by atoms with Gasteiger partial charge in [0.15, 0.2) is 6.10 Å². The van der Waals surface area contributed by atoms with Crippen LogP contribution in [0.25, 0.3) is 0 Å². The summed E-state index contributed by atoms with van der Waals surface area (Å²) in [6, 6.07) is 0. The van der Waals surface area contributed by atoms with Crippen molar-refractivity contribution >= 4 is 5.97 Å². The summed E-state index contributed by atoms with van der Waals surface area (Å²) in [5.74, 6) is -0.638. The lowest BCUT2D eigenvalue weighted by molar-refractivity contribution is -0.154. The molecule has 0 N–H and O–H groups in total. The molecule has 3 heteroatoms. The average Bonchev–Trinajstić information content (AvgIpc) is 2.03. The summed E-state index contributed by atoms with van der Waals surface area (Å²) in [7, 11) is 1.24. The number of hydrogen-bond donors (Lipinski definition) is 0. The Balaban J connectivity index is 3.36. The summed E-state index contributed by atoms with van der Waals surface area (Å²) in [6.07, 6.45) is 2.12. The van der Waals surface area contributed by atoms with Crippen LogP contribution >= 0.6 is 0 Å². The molecule has 65 valence electrons. The zero-order chi connectivity index (χ0) is 8.69. The van der Waals surface area contributed by atoms with Gasteiger partial charge in [-0.25, -0.2) is 9.90 Å². The Morgan fingerprint density at radius 3 is 2.55 bits per heavy atom. The van der Waals surface area contributed by atoms with Crippen molar-refractivity contribution in [1.82, 2.24) is 0 Å². The highest BCUT2D eigenvalue weighted by Gasteiger charge is 2.15. The molecule has 0 spiro atoms. The van der Waals surface area contributed by atoms with E-state index in [1.807, 2.05) is 0 Å². The number of rotatable bonds is 5. The lowest BCUT2D eigenvalue weighted by Crippen LogP contribution is -2.19. The Labute approximate surface area is 67.4 Å². The Morgan fingerprint density at radius 2 is 2.09 bits per heavy atom. The van der Waals surface area contributed by atoms with Gasteiger partial charge in [-0.1, -0.05) is 26.2 Å². The zero-order valence-corrected chi connectivity index (χ0v) is 7.13. The fourth-order valence-corrected chi connectivity index (χ4v) is 0.829. The number of carbonyl (C=O) groups is 1. The van der Waals surface area contributed by atoms with Crippen molar-refractivity contribution in [3.63, 3.8) is 0 Å². The highest BCUT2D eigenvalue weighted by molar-refractivity contribution is 5.73. The molecule has 1 radical (unpaired) electrons. The van der Waals surface area contributed by atoms with E-state index in [0.29, 0.717) is 6.42 Å². The van der Waals surface area contributed by atoms with Crippen molar-refractivity contribution in [1.29, 1.82) is 0 Å². The summed E-state index contributed by atoms with van der Waals surface area (Å²) >= 11 is 0. The van der Waals surface area contributed by atoms with Gasteiger partial charge < -0.3 is 4.74 Å². The van der Waals surface area contributed by atoms with Gasteiger partial charge in [0.25, 0.3) is 0 Å². The van der Waals surface area contributed by atoms with Crippen molar-refractivity contribution in [2.45, 2.75) is 38.7 Å². The molecule has 0 aliphatic rings. The maximum Gasteiger partial charge on any atom is 0.338 e. The number of unbranched alkanes of at least 4 members (excludes halogenated alkanes) is 2. The molecule has 0 aromatic rings. The summed E-state index contributed by atoms with van der Waals surface area (Å²) in [4.78, 5) is 10.6. The molecular formula is C8H15O3. The number of methoxy groups -OCH3 is 1. The van der Waals surface area contributed by atoms with Gasteiger partial charge in [0.05, 0.1) is 7.11 Å². The number of esters is 1. The molecule has 0 saturated heterocycles.